The molecule has 0 bridgehead atoms. The highest BCUT2D eigenvalue weighted by Crippen LogP contribution is 2.18. The number of aliphatic imine (C=N–C) groups is 1. The Morgan fingerprint density at radius 3 is 2.71 bits per heavy atom. The summed E-state index contributed by atoms with van der Waals surface area (Å²) in [4.78, 5) is 20.8. The molecule has 96 valence electrons. The normalized spacial score (nSPS) is 30.2. The van der Waals surface area contributed by atoms with E-state index in [2.05, 4.69) is 34.2 Å². The fraction of sp³-hybridized carbons (Fsp3) is 0.833. The van der Waals surface area contributed by atoms with E-state index in [0.29, 0.717) is 6.04 Å². The first-order valence-electron chi connectivity index (χ1n) is 6.17. The maximum Gasteiger partial charge on any atom is 0.252 e. The molecule has 5 nitrogen and oxygen atoms in total. The number of rotatable bonds is 2. The highest BCUT2D eigenvalue weighted by atomic mass is 16.2. The van der Waals surface area contributed by atoms with Gasteiger partial charge in [0.25, 0.3) is 5.91 Å². The van der Waals surface area contributed by atoms with Crippen molar-refractivity contribution in [2.75, 3.05) is 33.7 Å². The van der Waals surface area contributed by atoms with Gasteiger partial charge in [0.15, 0.2) is 0 Å². The van der Waals surface area contributed by atoms with Crippen LogP contribution in [0.4, 0.5) is 0 Å². The molecule has 0 radical (unpaired) electrons. The highest BCUT2D eigenvalue weighted by molar-refractivity contribution is 6.07. The van der Waals surface area contributed by atoms with E-state index in [1.165, 1.54) is 0 Å². The van der Waals surface area contributed by atoms with Crippen molar-refractivity contribution in [3.05, 3.63) is 0 Å². The van der Waals surface area contributed by atoms with Crippen LogP contribution < -0.4 is 5.32 Å². The first-order chi connectivity index (χ1) is 7.88. The number of piperazine rings is 1. The molecular weight excluding hydrogens is 216 g/mol. The molecule has 1 N–H and O–H groups in total. The van der Waals surface area contributed by atoms with Gasteiger partial charge in [-0.3, -0.25) is 9.79 Å². The maximum atomic E-state index is 11.6. The number of amidine groups is 1. The van der Waals surface area contributed by atoms with Crippen molar-refractivity contribution in [2.45, 2.75) is 31.8 Å². The van der Waals surface area contributed by atoms with E-state index in [-0.39, 0.29) is 5.91 Å². The summed E-state index contributed by atoms with van der Waals surface area (Å²) in [5.74, 6) is 0.853. The Labute approximate surface area is 103 Å². The molecule has 2 rings (SSSR count). The molecule has 0 saturated carbocycles. The molecule has 17 heavy (non-hydrogen) atoms. The Bertz CT molecular complexity index is 350. The van der Waals surface area contributed by atoms with Gasteiger partial charge in [-0.25, -0.2) is 0 Å². The Morgan fingerprint density at radius 2 is 2.12 bits per heavy atom. The Hall–Kier alpha value is -0.940. The number of carbonyl (C=O) groups excluding carboxylic acids is 1. The van der Waals surface area contributed by atoms with E-state index < -0.39 is 5.54 Å². The first kappa shape index (κ1) is 12.5. The average molecular weight is 238 g/mol. The fourth-order valence-electron chi connectivity index (χ4n) is 2.34. The number of nitrogens with zero attached hydrogens (tertiary/aromatic N) is 3. The Morgan fingerprint density at radius 1 is 1.41 bits per heavy atom. The predicted octanol–water partition coefficient (Wildman–Crippen LogP) is -0.0708. The predicted molar refractivity (Wildman–Crippen MR) is 68.2 cm³/mol. The van der Waals surface area contributed by atoms with Gasteiger partial charge in [-0.2, -0.15) is 0 Å². The van der Waals surface area contributed by atoms with Gasteiger partial charge < -0.3 is 15.1 Å². The second-order valence-electron chi connectivity index (χ2n) is 5.67. The standard InChI is InChI=1S/C12H22N4O/c1-12(2)11(17)13-10(14-12)7-9-8-15(3)5-6-16(9)4/h9H,5-8H2,1-4H3,(H,13,14,17). The Kier molecular flexibility index (Phi) is 3.23. The fourth-order valence-corrected chi connectivity index (χ4v) is 2.34. The number of likely N-dealkylation sites (N-methyl/N-ethyl adjacent to an activating group) is 2. The summed E-state index contributed by atoms with van der Waals surface area (Å²) in [7, 11) is 4.28. The molecule has 2 aliphatic rings. The smallest absolute Gasteiger partial charge is 0.252 e. The van der Waals surface area contributed by atoms with Crippen molar-refractivity contribution in [1.82, 2.24) is 15.1 Å². The molecule has 1 amide bonds. The minimum atomic E-state index is -0.589. The van der Waals surface area contributed by atoms with Gasteiger partial charge in [0, 0.05) is 32.1 Å². The van der Waals surface area contributed by atoms with Crippen molar-refractivity contribution in [3.8, 4) is 0 Å². The molecule has 1 atom stereocenters. The number of hydrogen-bond acceptors (Lipinski definition) is 4. The molecular formula is C12H22N4O. The summed E-state index contributed by atoms with van der Waals surface area (Å²) in [5.41, 5.74) is -0.589. The van der Waals surface area contributed by atoms with Crippen LogP contribution in [0.2, 0.25) is 0 Å². The minimum absolute atomic E-state index is 0.0133. The van der Waals surface area contributed by atoms with Gasteiger partial charge in [0.2, 0.25) is 0 Å². The molecule has 1 saturated heterocycles. The number of amides is 1. The third kappa shape index (κ3) is 2.66. The average Bonchev–Trinajstić information content (AvgIpc) is 2.46. The zero-order chi connectivity index (χ0) is 12.6. The van der Waals surface area contributed by atoms with Crippen LogP contribution in [0.15, 0.2) is 4.99 Å². The minimum Gasteiger partial charge on any atom is -0.312 e. The van der Waals surface area contributed by atoms with E-state index in [1.54, 1.807) is 0 Å². The SMILES string of the molecule is CN1CCN(C)C(CC2=NC(C)(C)C(=O)N2)C1. The van der Waals surface area contributed by atoms with Gasteiger partial charge >= 0.3 is 0 Å². The van der Waals surface area contributed by atoms with Crippen molar-refractivity contribution in [2.24, 2.45) is 4.99 Å². The lowest BCUT2D eigenvalue weighted by Crippen LogP contribution is -2.51. The molecule has 0 aliphatic carbocycles. The molecule has 2 heterocycles. The summed E-state index contributed by atoms with van der Waals surface area (Å²) in [6.45, 7) is 6.92. The third-order valence-electron chi connectivity index (χ3n) is 3.64. The lowest BCUT2D eigenvalue weighted by Gasteiger charge is -2.37. The van der Waals surface area contributed by atoms with Gasteiger partial charge in [-0.1, -0.05) is 0 Å². The van der Waals surface area contributed by atoms with Crippen LogP contribution in [-0.2, 0) is 4.79 Å². The number of carbonyl (C=O) groups is 1. The van der Waals surface area contributed by atoms with Crippen molar-refractivity contribution >= 4 is 11.7 Å². The lowest BCUT2D eigenvalue weighted by molar-refractivity contribution is -0.122. The molecule has 1 unspecified atom stereocenters. The zero-order valence-electron chi connectivity index (χ0n) is 11.2. The van der Waals surface area contributed by atoms with E-state index in [0.717, 1.165) is 31.9 Å². The molecule has 1 fully saturated rings. The largest absolute Gasteiger partial charge is 0.312 e. The Balaban J connectivity index is 2.00. The van der Waals surface area contributed by atoms with Gasteiger partial charge in [0.05, 0.1) is 0 Å². The van der Waals surface area contributed by atoms with Crippen LogP contribution >= 0.6 is 0 Å². The second-order valence-corrected chi connectivity index (χ2v) is 5.67. The van der Waals surface area contributed by atoms with Crippen LogP contribution in [0.1, 0.15) is 20.3 Å². The monoisotopic (exact) mass is 238 g/mol. The quantitative estimate of drug-likeness (QED) is 0.732. The van der Waals surface area contributed by atoms with E-state index in [9.17, 15) is 4.79 Å². The summed E-state index contributed by atoms with van der Waals surface area (Å²) in [6.07, 6.45) is 0.829. The highest BCUT2D eigenvalue weighted by Gasteiger charge is 2.35. The van der Waals surface area contributed by atoms with Crippen LogP contribution in [0.5, 0.6) is 0 Å². The van der Waals surface area contributed by atoms with Crippen molar-refractivity contribution in [1.29, 1.82) is 0 Å². The van der Waals surface area contributed by atoms with E-state index >= 15 is 0 Å². The topological polar surface area (TPSA) is 47.9 Å². The zero-order valence-corrected chi connectivity index (χ0v) is 11.2. The maximum absolute atomic E-state index is 11.6. The number of hydrogen-bond donors (Lipinski definition) is 1. The van der Waals surface area contributed by atoms with E-state index in [1.807, 2.05) is 13.8 Å². The van der Waals surface area contributed by atoms with Crippen molar-refractivity contribution in [3.63, 3.8) is 0 Å². The molecule has 0 aromatic heterocycles. The summed E-state index contributed by atoms with van der Waals surface area (Å²) < 4.78 is 0. The van der Waals surface area contributed by atoms with E-state index in [4.69, 9.17) is 0 Å². The van der Waals surface area contributed by atoms with Gasteiger partial charge in [0.1, 0.15) is 11.4 Å². The third-order valence-corrected chi connectivity index (χ3v) is 3.64. The molecule has 0 aromatic carbocycles. The molecule has 5 heteroatoms. The summed E-state index contributed by atoms with van der Waals surface area (Å²) in [6, 6.07) is 0.446. The second kappa shape index (κ2) is 4.38. The molecule has 2 aliphatic heterocycles. The van der Waals surface area contributed by atoms with Crippen LogP contribution in [0.25, 0.3) is 0 Å². The molecule has 0 aromatic rings. The first-order valence-corrected chi connectivity index (χ1v) is 6.17. The number of nitrogens with one attached hydrogen (secondary N) is 1. The van der Waals surface area contributed by atoms with Crippen molar-refractivity contribution < 1.29 is 4.79 Å². The van der Waals surface area contributed by atoms with Gasteiger partial charge in [-0.15, -0.1) is 0 Å². The van der Waals surface area contributed by atoms with Crippen LogP contribution in [0, 0.1) is 0 Å². The van der Waals surface area contributed by atoms with Crippen LogP contribution in [0.3, 0.4) is 0 Å². The molecule has 0 spiro atoms. The summed E-state index contributed by atoms with van der Waals surface area (Å²) >= 11 is 0. The van der Waals surface area contributed by atoms with Gasteiger partial charge in [-0.05, 0) is 27.9 Å². The van der Waals surface area contributed by atoms with Crippen LogP contribution in [-0.4, -0.2) is 66.9 Å². The lowest BCUT2D eigenvalue weighted by atomic mass is 10.1. The summed E-state index contributed by atoms with van der Waals surface area (Å²) in [5, 5.41) is 2.89.